The maximum absolute atomic E-state index is 13.9. The average molecular weight is 390 g/mol. The number of rotatable bonds is 6. The van der Waals surface area contributed by atoms with E-state index in [0.29, 0.717) is 18.1 Å². The Kier molecular flexibility index (Phi) is 4.42. The van der Waals surface area contributed by atoms with Gasteiger partial charge in [-0.15, -0.1) is 0 Å². The van der Waals surface area contributed by atoms with Crippen LogP contribution >= 0.6 is 0 Å². The van der Waals surface area contributed by atoms with Crippen molar-refractivity contribution in [2.75, 3.05) is 24.6 Å². The quantitative estimate of drug-likeness (QED) is 0.633. The largest absolute Gasteiger partial charge is 0.493 e. The molecule has 2 aliphatic rings. The van der Waals surface area contributed by atoms with Crippen molar-refractivity contribution in [3.8, 4) is 16.9 Å². The van der Waals surface area contributed by atoms with Crippen molar-refractivity contribution in [1.29, 1.82) is 0 Å². The highest BCUT2D eigenvalue weighted by Crippen LogP contribution is 2.58. The van der Waals surface area contributed by atoms with Crippen molar-refractivity contribution in [3.05, 3.63) is 66.5 Å². The normalized spacial score (nSPS) is 22.4. The van der Waals surface area contributed by atoms with Crippen LogP contribution in [0.2, 0.25) is 0 Å². The summed E-state index contributed by atoms with van der Waals surface area (Å²) >= 11 is 0. The van der Waals surface area contributed by atoms with Gasteiger partial charge in [0.1, 0.15) is 11.6 Å². The molecule has 0 amide bonds. The SMILES string of the molecule is CCc1cnc(N2CC3CC3(COc3ccc(-c4ccncc4F)cc3)C2)nc1. The van der Waals surface area contributed by atoms with Crippen LogP contribution in [0, 0.1) is 17.2 Å². The fraction of sp³-hybridized carbons (Fsp3) is 0.348. The first-order valence-corrected chi connectivity index (χ1v) is 10.1. The number of ether oxygens (including phenoxy) is 1. The molecule has 1 aromatic carbocycles. The summed E-state index contributed by atoms with van der Waals surface area (Å²) in [5.41, 5.74) is 2.72. The van der Waals surface area contributed by atoms with E-state index < -0.39 is 0 Å². The Morgan fingerprint density at radius 3 is 2.66 bits per heavy atom. The molecular formula is C23H23FN4O. The topological polar surface area (TPSA) is 51.1 Å². The Bertz CT molecular complexity index is 1010. The number of hydrogen-bond donors (Lipinski definition) is 0. The van der Waals surface area contributed by atoms with E-state index in [9.17, 15) is 4.39 Å². The molecular weight excluding hydrogens is 367 g/mol. The summed E-state index contributed by atoms with van der Waals surface area (Å²) in [5, 5.41) is 0. The van der Waals surface area contributed by atoms with Gasteiger partial charge in [0, 0.05) is 42.7 Å². The number of aryl methyl sites for hydroxylation is 1. The Morgan fingerprint density at radius 1 is 1.14 bits per heavy atom. The third kappa shape index (κ3) is 3.43. The van der Waals surface area contributed by atoms with Crippen molar-refractivity contribution in [2.24, 2.45) is 11.3 Å². The van der Waals surface area contributed by atoms with Gasteiger partial charge in [-0.2, -0.15) is 0 Å². The highest BCUT2D eigenvalue weighted by Gasteiger charge is 2.61. The first-order valence-electron chi connectivity index (χ1n) is 10.1. The molecule has 1 saturated carbocycles. The molecule has 1 saturated heterocycles. The van der Waals surface area contributed by atoms with Crippen LogP contribution in [0.25, 0.3) is 11.1 Å². The summed E-state index contributed by atoms with van der Waals surface area (Å²) < 4.78 is 20.0. The number of hydrogen-bond acceptors (Lipinski definition) is 5. The molecule has 2 aromatic heterocycles. The van der Waals surface area contributed by atoms with Gasteiger partial charge in [0.05, 0.1) is 12.8 Å². The highest BCUT2D eigenvalue weighted by atomic mass is 19.1. The molecule has 2 fully saturated rings. The van der Waals surface area contributed by atoms with Gasteiger partial charge < -0.3 is 9.64 Å². The van der Waals surface area contributed by atoms with E-state index in [-0.39, 0.29) is 11.2 Å². The van der Waals surface area contributed by atoms with Crippen molar-refractivity contribution < 1.29 is 9.13 Å². The predicted octanol–water partition coefficient (Wildman–Crippen LogP) is 4.15. The minimum Gasteiger partial charge on any atom is -0.493 e. The van der Waals surface area contributed by atoms with Gasteiger partial charge in [-0.3, -0.25) is 4.98 Å². The Balaban J connectivity index is 1.21. The predicted molar refractivity (Wildman–Crippen MR) is 109 cm³/mol. The number of anilines is 1. The molecule has 0 bridgehead atoms. The van der Waals surface area contributed by atoms with Gasteiger partial charge in [-0.1, -0.05) is 19.1 Å². The molecule has 29 heavy (non-hydrogen) atoms. The monoisotopic (exact) mass is 390 g/mol. The van der Waals surface area contributed by atoms with Crippen LogP contribution in [-0.4, -0.2) is 34.6 Å². The molecule has 1 aliphatic heterocycles. The van der Waals surface area contributed by atoms with Crippen molar-refractivity contribution in [1.82, 2.24) is 15.0 Å². The van der Waals surface area contributed by atoms with E-state index in [0.717, 1.165) is 42.3 Å². The third-order valence-electron chi connectivity index (χ3n) is 6.15. The lowest BCUT2D eigenvalue weighted by atomic mass is 10.1. The molecule has 2 atom stereocenters. The molecule has 0 radical (unpaired) electrons. The molecule has 0 spiro atoms. The minimum absolute atomic E-state index is 0.197. The summed E-state index contributed by atoms with van der Waals surface area (Å²) in [5.74, 6) is 1.95. The van der Waals surface area contributed by atoms with Crippen LogP contribution in [0.3, 0.4) is 0 Å². The van der Waals surface area contributed by atoms with Crippen LogP contribution in [0.1, 0.15) is 18.9 Å². The van der Waals surface area contributed by atoms with E-state index in [2.05, 4.69) is 26.8 Å². The number of aromatic nitrogens is 3. The summed E-state index contributed by atoms with van der Waals surface area (Å²) in [6, 6.07) is 9.27. The summed E-state index contributed by atoms with van der Waals surface area (Å²) in [7, 11) is 0. The zero-order valence-electron chi connectivity index (χ0n) is 16.4. The second-order valence-corrected chi connectivity index (χ2v) is 8.06. The van der Waals surface area contributed by atoms with Gasteiger partial charge in [-0.25, -0.2) is 14.4 Å². The molecule has 0 N–H and O–H groups in total. The van der Waals surface area contributed by atoms with Crippen LogP contribution in [0.4, 0.5) is 10.3 Å². The van der Waals surface area contributed by atoms with E-state index in [1.165, 1.54) is 12.6 Å². The summed E-state index contributed by atoms with van der Waals surface area (Å²) in [6.07, 6.45) is 8.81. The smallest absolute Gasteiger partial charge is 0.225 e. The molecule has 5 nitrogen and oxygen atoms in total. The fourth-order valence-electron chi connectivity index (χ4n) is 4.23. The maximum Gasteiger partial charge on any atom is 0.225 e. The number of piperidine rings is 1. The van der Waals surface area contributed by atoms with Gasteiger partial charge in [0.15, 0.2) is 0 Å². The maximum atomic E-state index is 13.9. The second kappa shape index (κ2) is 7.10. The Hall–Kier alpha value is -3.02. The van der Waals surface area contributed by atoms with Crippen molar-refractivity contribution in [2.45, 2.75) is 19.8 Å². The first kappa shape index (κ1) is 18.0. The number of fused-ring (bicyclic) bond motifs is 1. The van der Waals surface area contributed by atoms with Crippen molar-refractivity contribution in [3.63, 3.8) is 0 Å². The molecule has 2 unspecified atom stereocenters. The average Bonchev–Trinajstić information content (AvgIpc) is 3.33. The third-order valence-corrected chi connectivity index (χ3v) is 6.15. The second-order valence-electron chi connectivity index (χ2n) is 8.06. The molecule has 6 heteroatoms. The summed E-state index contributed by atoms with van der Waals surface area (Å²) in [6.45, 7) is 4.72. The van der Waals surface area contributed by atoms with Crippen LogP contribution in [0.15, 0.2) is 55.1 Å². The standard InChI is InChI=1S/C23H23FN4O/c1-2-16-10-26-22(27-11-16)28-13-18-9-23(18,14-28)15-29-19-5-3-17(4-6-19)20-7-8-25-12-21(20)24/h3-8,10-12,18H,2,9,13-15H2,1H3. The highest BCUT2D eigenvalue weighted by molar-refractivity contribution is 5.64. The molecule has 3 heterocycles. The number of benzene rings is 1. The molecule has 1 aliphatic carbocycles. The summed E-state index contributed by atoms with van der Waals surface area (Å²) in [4.78, 5) is 15.1. The van der Waals surface area contributed by atoms with Gasteiger partial charge >= 0.3 is 0 Å². The lowest BCUT2D eigenvalue weighted by Gasteiger charge is -2.21. The zero-order valence-corrected chi connectivity index (χ0v) is 16.4. The first-order chi connectivity index (χ1) is 14.2. The van der Waals surface area contributed by atoms with Crippen LogP contribution in [0.5, 0.6) is 5.75 Å². The van der Waals surface area contributed by atoms with Gasteiger partial charge in [0.2, 0.25) is 5.95 Å². The van der Waals surface area contributed by atoms with E-state index >= 15 is 0 Å². The van der Waals surface area contributed by atoms with E-state index in [1.807, 2.05) is 36.7 Å². The van der Waals surface area contributed by atoms with Crippen LogP contribution < -0.4 is 9.64 Å². The van der Waals surface area contributed by atoms with Gasteiger partial charge in [-0.05, 0) is 48.1 Å². The van der Waals surface area contributed by atoms with Crippen molar-refractivity contribution >= 4 is 5.95 Å². The minimum atomic E-state index is -0.318. The lowest BCUT2D eigenvalue weighted by Crippen LogP contribution is -2.28. The van der Waals surface area contributed by atoms with Crippen LogP contribution in [-0.2, 0) is 6.42 Å². The van der Waals surface area contributed by atoms with E-state index in [1.54, 1.807) is 12.3 Å². The van der Waals surface area contributed by atoms with Gasteiger partial charge in [0.25, 0.3) is 0 Å². The fourth-order valence-corrected chi connectivity index (χ4v) is 4.23. The zero-order chi connectivity index (χ0) is 19.8. The van der Waals surface area contributed by atoms with E-state index in [4.69, 9.17) is 4.74 Å². The Labute approximate surface area is 169 Å². The number of halogens is 1. The molecule has 5 rings (SSSR count). The number of nitrogens with zero attached hydrogens (tertiary/aromatic N) is 4. The molecule has 3 aromatic rings. The Morgan fingerprint density at radius 2 is 1.93 bits per heavy atom. The lowest BCUT2D eigenvalue weighted by molar-refractivity contribution is 0.238. The number of pyridine rings is 1. The molecule has 148 valence electrons.